The Bertz CT molecular complexity index is 6310. The maximum absolute atomic E-state index is 14.8. The largest absolute Gasteiger partial charge is 0.497 e. The molecule has 4 fully saturated rings. The molecule has 19 rings (SSSR count). The van der Waals surface area contributed by atoms with Gasteiger partial charge in [0, 0.05) is 108 Å². The number of benzene rings is 5. The Balaban J connectivity index is 0.000000141. The van der Waals surface area contributed by atoms with Crippen LogP contribution in [0.2, 0.25) is 5.02 Å². The molecule has 3 amide bonds. The fourth-order valence-electron chi connectivity index (χ4n) is 15.5. The standard InChI is InChI=1S/C34H31F2N3O4.C25H21F2N3O2.C22H17ClF2N2O3.C11H14N2O.C6H6N2O2.C4H9N/c1-42-25-12-10-22(31(16-25)43-2)18-39-19-29-32(34(39)41)23(15-28(38-29)33-26(35)4-3-5-27(33)36)14-24-11-9-21(17-37-24)30(40)13-8-20-6-7-20;26-18-2-1-3-19(27)24(18)20-11-16(23-21(30-20)13-29-25(23)32)10-17-8-7-15(12-28-17)22(31)9-6-14-4-5-14;1-29-13-7-6-12(19(8-13)30-2)10-27-11-18-20(22(27)28)14(23)9-17(26-18)21-15(24)4-3-5-16(21)25;12-11-6-4-9(7-13-11)10(14)5-3-8-1-2-8;7-5-2-1-4(3-8-5)6(9)10;5-3-4-1-2-4/h3-5,9-12,15-17,20H,6-8,13-14,18-19H2,1-2H3;1-3,7-8,11-12,14H,4-6,9-10,13H2,(H,29,32);3-9H,10-11H2,1-2H3;4,6-8H,1-3,5H2,(H2,12,13);1-3H,(H2,7,8)(H,9,10);4H,1-3,5H2. The van der Waals surface area contributed by atoms with E-state index in [4.69, 9.17) is 52.9 Å². The van der Waals surface area contributed by atoms with Gasteiger partial charge in [-0.15, -0.1) is 0 Å². The number of aromatic carboxylic acids is 1. The van der Waals surface area contributed by atoms with Crippen LogP contribution >= 0.6 is 11.6 Å². The van der Waals surface area contributed by atoms with Crippen molar-refractivity contribution < 1.29 is 84.0 Å². The maximum Gasteiger partial charge on any atom is 0.337 e. The van der Waals surface area contributed by atoms with E-state index >= 15 is 0 Å². The van der Waals surface area contributed by atoms with E-state index in [1.807, 2.05) is 12.1 Å². The Morgan fingerprint density at radius 3 is 1.14 bits per heavy atom. The van der Waals surface area contributed by atoms with Crippen LogP contribution in [0.4, 0.5) is 38.0 Å². The van der Waals surface area contributed by atoms with Crippen molar-refractivity contribution in [3.05, 3.63) is 312 Å². The second kappa shape index (κ2) is 43.8. The van der Waals surface area contributed by atoms with Crippen molar-refractivity contribution in [2.75, 3.05) is 46.5 Å². The van der Waals surface area contributed by atoms with Gasteiger partial charge in [-0.2, -0.15) is 0 Å². The molecule has 8 N–H and O–H groups in total. The number of nitrogens with one attached hydrogen (secondary N) is 1. The van der Waals surface area contributed by atoms with E-state index in [2.05, 4.69) is 40.2 Å². The Kier molecular flexibility index (Phi) is 31.3. The van der Waals surface area contributed by atoms with Gasteiger partial charge in [0.25, 0.3) is 17.7 Å². The molecule has 0 radical (unpaired) electrons. The molecule has 12 aromatic rings. The number of hydrogen-bond donors (Lipinski definition) is 5. The first kappa shape index (κ1) is 95.7. The summed E-state index contributed by atoms with van der Waals surface area (Å²) in [6.07, 6.45) is 21.1. The molecule has 0 saturated heterocycles. The summed E-state index contributed by atoms with van der Waals surface area (Å²) in [6, 6.07) is 39.3. The van der Waals surface area contributed by atoms with Gasteiger partial charge in [0.05, 0.1) is 139 Å². The molecular weight excluding hydrogens is 1750 g/mol. The van der Waals surface area contributed by atoms with Gasteiger partial charge in [0.2, 0.25) is 0 Å². The lowest BCUT2D eigenvalue weighted by atomic mass is 9.98. The predicted molar refractivity (Wildman–Crippen MR) is 490 cm³/mol. The number of ketones is 3. The molecule has 0 bridgehead atoms. The number of halogens is 7. The highest BCUT2D eigenvalue weighted by atomic mass is 35.5. The van der Waals surface area contributed by atoms with Gasteiger partial charge in [0.1, 0.15) is 69.5 Å². The quantitative estimate of drug-likeness (QED) is 0.0215. The summed E-state index contributed by atoms with van der Waals surface area (Å²) in [5.74, 6) is 0.377. The minimum atomic E-state index is -0.993. The van der Waals surface area contributed by atoms with Crippen molar-refractivity contribution in [2.24, 2.45) is 29.4 Å². The third kappa shape index (κ3) is 24.5. The van der Waals surface area contributed by atoms with E-state index < -0.39 is 40.9 Å². The van der Waals surface area contributed by atoms with Crippen LogP contribution in [0.3, 0.4) is 0 Å². The summed E-state index contributed by atoms with van der Waals surface area (Å²) < 4.78 is 108. The molecule has 0 unspecified atom stereocenters. The van der Waals surface area contributed by atoms with E-state index in [0.717, 1.165) is 60.9 Å². The molecule has 5 aromatic carbocycles. The van der Waals surface area contributed by atoms with Gasteiger partial charge in [-0.25, -0.2) is 56.1 Å². The zero-order valence-electron chi connectivity index (χ0n) is 74.0. The second-order valence-corrected chi connectivity index (χ2v) is 33.9. The van der Waals surface area contributed by atoms with Gasteiger partial charge in [-0.1, -0.05) is 68.3 Å². The van der Waals surface area contributed by atoms with E-state index in [1.165, 1.54) is 125 Å². The van der Waals surface area contributed by atoms with Gasteiger partial charge in [0.15, 0.2) is 17.3 Å². The average molecular weight is 1850 g/mol. The van der Waals surface area contributed by atoms with E-state index in [0.29, 0.717) is 133 Å². The summed E-state index contributed by atoms with van der Waals surface area (Å²) in [7, 11) is 6.20. The first-order valence-electron chi connectivity index (χ1n) is 43.9. The van der Waals surface area contributed by atoms with Crippen LogP contribution in [0.15, 0.2) is 183 Å². The van der Waals surface area contributed by atoms with Crippen molar-refractivity contribution in [2.45, 2.75) is 135 Å². The number of methoxy groups -OCH3 is 4. The van der Waals surface area contributed by atoms with Crippen LogP contribution in [-0.2, 0) is 45.6 Å². The lowest BCUT2D eigenvalue weighted by Gasteiger charge is -2.18. The number of hydrogen-bond acceptors (Lipinski definition) is 21. The summed E-state index contributed by atoms with van der Waals surface area (Å²) >= 11 is 6.32. The number of aromatic nitrogens is 7. The molecule has 3 aliphatic heterocycles. The molecule has 0 spiro atoms. The van der Waals surface area contributed by atoms with Crippen LogP contribution < -0.4 is 41.5 Å². The van der Waals surface area contributed by atoms with Gasteiger partial charge < -0.3 is 56.4 Å². The molecule has 7 aliphatic rings. The van der Waals surface area contributed by atoms with Crippen molar-refractivity contribution in [3.63, 3.8) is 0 Å². The fourth-order valence-corrected chi connectivity index (χ4v) is 15.8. The number of ether oxygens (including phenoxy) is 4. The highest BCUT2D eigenvalue weighted by Crippen LogP contribution is 2.41. The summed E-state index contributed by atoms with van der Waals surface area (Å²) in [5, 5.41) is 11.2. The molecule has 4 aliphatic carbocycles. The van der Waals surface area contributed by atoms with Crippen molar-refractivity contribution in [1.29, 1.82) is 0 Å². The Morgan fingerprint density at radius 2 is 0.791 bits per heavy atom. The van der Waals surface area contributed by atoms with Crippen molar-refractivity contribution >= 4 is 64.3 Å². The van der Waals surface area contributed by atoms with Crippen LogP contribution in [0, 0.1) is 58.6 Å². The first-order valence-corrected chi connectivity index (χ1v) is 44.3. The fraction of sp³-hybridized carbons (Fsp3) is 0.294. The normalized spacial score (nSPS) is 14.1. The SMILES string of the molecule is COc1ccc(CN2Cc3nc(-c4c(F)cccc4F)cc(Cc4ccc(C(=O)CCC5CC5)cn4)c3C2=O)c(OC)c1.COc1ccc(CN2Cc3nc(-c4c(F)cccc4F)cc(Cl)c3C2=O)c(OC)c1.NCC1CC1.Nc1ccc(C(=O)CCC2CC2)cn1.Nc1ccc(C(=O)O)cn1.O=C(CCC1CC1)c1ccc(Cc2cc(-c3c(F)cccc3F)nc3c2C(=O)NC3)nc1. The second-order valence-electron chi connectivity index (χ2n) is 33.5. The van der Waals surface area contributed by atoms with E-state index in [-0.39, 0.29) is 131 Å². The number of carbonyl (C=O) groups is 7. The molecule has 4 saturated carbocycles. The average Bonchev–Trinajstić information content (AvgIpc) is 1.58. The Labute approximate surface area is 774 Å². The molecule has 134 heavy (non-hydrogen) atoms. The first-order chi connectivity index (χ1) is 64.6. The number of carbonyl (C=O) groups excluding carboxylic acids is 6. The number of amides is 3. The number of fused-ring (bicyclic) bond motifs is 3. The number of nitrogens with two attached hydrogens (primary N) is 3. The smallest absolute Gasteiger partial charge is 0.337 e. The minimum absolute atomic E-state index is 0.0472. The number of Topliss-reactive ketones (excluding diaryl/α,β-unsaturated/α-hetero) is 3. The molecule has 32 heteroatoms. The van der Waals surface area contributed by atoms with Crippen LogP contribution in [0.25, 0.3) is 33.8 Å². The molecular formula is C102H98ClF6N13O12. The summed E-state index contributed by atoms with van der Waals surface area (Å²) in [4.78, 5) is 119. The van der Waals surface area contributed by atoms with Crippen molar-refractivity contribution in [3.8, 4) is 56.8 Å². The van der Waals surface area contributed by atoms with Crippen LogP contribution in [0.5, 0.6) is 23.0 Å². The highest BCUT2D eigenvalue weighted by molar-refractivity contribution is 6.34. The number of carboxylic acids is 1. The zero-order valence-corrected chi connectivity index (χ0v) is 74.8. The molecule has 10 heterocycles. The third-order valence-corrected chi connectivity index (χ3v) is 24.0. The highest BCUT2D eigenvalue weighted by Gasteiger charge is 2.37. The van der Waals surface area contributed by atoms with Crippen LogP contribution in [0.1, 0.15) is 213 Å². The van der Waals surface area contributed by atoms with E-state index in [1.54, 1.807) is 123 Å². The monoisotopic (exact) mass is 1850 g/mol. The van der Waals surface area contributed by atoms with Gasteiger partial charge in [-0.05, 0) is 201 Å². The number of carboxylic acid groups (broad SMARTS) is 1. The number of nitrogen functional groups attached to an aromatic ring is 2. The lowest BCUT2D eigenvalue weighted by molar-refractivity contribution is 0.0693. The number of anilines is 2. The molecule has 25 nitrogen and oxygen atoms in total. The summed E-state index contributed by atoms with van der Waals surface area (Å²) in [5.41, 5.74) is 23.6. The van der Waals surface area contributed by atoms with Gasteiger partial charge in [-0.3, -0.25) is 38.7 Å². The lowest BCUT2D eigenvalue weighted by Crippen LogP contribution is -2.24. The topological polar surface area (TPSA) is 363 Å². The third-order valence-electron chi connectivity index (χ3n) is 23.7. The number of pyridine rings is 7. The van der Waals surface area contributed by atoms with Crippen LogP contribution in [-0.4, -0.2) is 126 Å². The Hall–Kier alpha value is -14.3. The zero-order chi connectivity index (χ0) is 95.0. The Morgan fingerprint density at radius 1 is 0.425 bits per heavy atom. The predicted octanol–water partition coefficient (Wildman–Crippen LogP) is 18.8. The van der Waals surface area contributed by atoms with E-state index in [9.17, 15) is 59.9 Å². The molecule has 0 atom stereocenters. The van der Waals surface area contributed by atoms with Crippen molar-refractivity contribution in [1.82, 2.24) is 50.0 Å². The number of rotatable bonds is 29. The molecule has 7 aromatic heterocycles. The summed E-state index contributed by atoms with van der Waals surface area (Å²) in [6.45, 7) is 1.92. The van der Waals surface area contributed by atoms with Gasteiger partial charge >= 0.3 is 5.97 Å². The maximum atomic E-state index is 14.8. The minimum Gasteiger partial charge on any atom is -0.497 e. The number of nitrogens with zero attached hydrogens (tertiary/aromatic N) is 9. The molecule has 692 valence electrons.